The predicted octanol–water partition coefficient (Wildman–Crippen LogP) is 1.45. The third-order valence-electron chi connectivity index (χ3n) is 2.56. The van der Waals surface area contributed by atoms with E-state index in [2.05, 4.69) is 10.6 Å². The van der Waals surface area contributed by atoms with Crippen molar-refractivity contribution in [3.05, 3.63) is 42.4 Å². The van der Waals surface area contributed by atoms with Crippen molar-refractivity contribution < 1.29 is 4.79 Å². The molecular weight excluding hydrogens is 200 g/mol. The van der Waals surface area contributed by atoms with Gasteiger partial charge in [-0.05, 0) is 18.4 Å². The molecule has 16 heavy (non-hydrogen) atoms. The Balaban J connectivity index is 1.59. The quantitative estimate of drug-likeness (QED) is 0.757. The lowest BCUT2D eigenvalue weighted by Gasteiger charge is -2.05. The first-order valence-corrected chi connectivity index (χ1v) is 5.75. The van der Waals surface area contributed by atoms with E-state index in [9.17, 15) is 4.79 Å². The number of hydrogen-bond acceptors (Lipinski definition) is 2. The molecule has 1 aromatic rings. The van der Waals surface area contributed by atoms with Crippen molar-refractivity contribution >= 4 is 5.91 Å². The summed E-state index contributed by atoms with van der Waals surface area (Å²) in [5.74, 6) is 0.0667. The number of rotatable bonds is 6. The first kappa shape index (κ1) is 11.1. The molecule has 1 aliphatic rings. The van der Waals surface area contributed by atoms with Gasteiger partial charge in [-0.15, -0.1) is 0 Å². The van der Waals surface area contributed by atoms with E-state index in [1.54, 1.807) is 6.54 Å². The van der Waals surface area contributed by atoms with Crippen molar-refractivity contribution in [3.8, 4) is 0 Å². The van der Waals surface area contributed by atoms with Crippen LogP contribution < -0.4 is 10.6 Å². The van der Waals surface area contributed by atoms with Crippen molar-refractivity contribution in [1.82, 2.24) is 10.6 Å². The molecule has 1 aliphatic carbocycles. The molecule has 85 valence electrons. The van der Waals surface area contributed by atoms with Crippen LogP contribution in [0.4, 0.5) is 0 Å². The van der Waals surface area contributed by atoms with Gasteiger partial charge >= 0.3 is 0 Å². The first-order chi connectivity index (χ1) is 7.84. The molecule has 2 rings (SSSR count). The normalized spacial score (nSPS) is 14.8. The summed E-state index contributed by atoms with van der Waals surface area (Å²) in [6.45, 7) is 2.53. The zero-order chi connectivity index (χ0) is 11.2. The molecule has 1 fully saturated rings. The van der Waals surface area contributed by atoms with Crippen LogP contribution in [0.15, 0.2) is 30.3 Å². The second kappa shape index (κ2) is 5.66. The van der Waals surface area contributed by atoms with Crippen LogP contribution in [-0.2, 0) is 4.79 Å². The van der Waals surface area contributed by atoms with Crippen LogP contribution in [0.1, 0.15) is 24.8 Å². The average molecular weight is 217 g/mol. The Morgan fingerprint density at radius 1 is 1.31 bits per heavy atom. The van der Waals surface area contributed by atoms with Crippen LogP contribution in [0.5, 0.6) is 0 Å². The van der Waals surface area contributed by atoms with Gasteiger partial charge in [-0.3, -0.25) is 4.79 Å². The molecule has 2 N–H and O–H groups in total. The largest absolute Gasteiger partial charge is 0.347 e. The number of carbonyl (C=O) groups is 1. The Hall–Kier alpha value is -1.35. The van der Waals surface area contributed by atoms with Crippen molar-refractivity contribution in [2.45, 2.75) is 25.3 Å². The van der Waals surface area contributed by atoms with Crippen molar-refractivity contribution in [1.29, 1.82) is 0 Å². The molecule has 1 saturated carbocycles. The van der Waals surface area contributed by atoms with E-state index in [4.69, 9.17) is 0 Å². The van der Waals surface area contributed by atoms with Gasteiger partial charge in [0.05, 0.1) is 6.54 Å². The van der Waals surface area contributed by atoms with E-state index >= 15 is 0 Å². The summed E-state index contributed by atoms with van der Waals surface area (Å²) < 4.78 is 0. The highest BCUT2D eigenvalue weighted by Crippen LogP contribution is 2.18. The van der Waals surface area contributed by atoms with Crippen LogP contribution in [0, 0.1) is 6.54 Å². The van der Waals surface area contributed by atoms with Crippen LogP contribution in [0.3, 0.4) is 0 Å². The lowest BCUT2D eigenvalue weighted by molar-refractivity contribution is -0.120. The fraction of sp³-hybridized carbons (Fsp3) is 0.385. The van der Waals surface area contributed by atoms with Gasteiger partial charge in [0.1, 0.15) is 0 Å². The summed E-state index contributed by atoms with van der Waals surface area (Å²) in [6.07, 6.45) is 3.06. The minimum absolute atomic E-state index is 0.0667. The highest BCUT2D eigenvalue weighted by Gasteiger charge is 2.19. The Morgan fingerprint density at radius 2 is 2.06 bits per heavy atom. The number of carbonyl (C=O) groups excluding carboxylic acids is 1. The van der Waals surface area contributed by atoms with E-state index in [0.717, 1.165) is 12.1 Å². The molecule has 1 aromatic carbocycles. The molecule has 0 aromatic heterocycles. The molecule has 0 bridgehead atoms. The number of nitrogens with one attached hydrogen (secondary N) is 2. The SMILES string of the molecule is O=C(CCNC1CC1)N[CH]c1ccccc1. The van der Waals surface area contributed by atoms with Gasteiger partial charge in [-0.2, -0.15) is 0 Å². The highest BCUT2D eigenvalue weighted by molar-refractivity contribution is 5.77. The van der Waals surface area contributed by atoms with Gasteiger partial charge in [0.15, 0.2) is 0 Å². The molecule has 0 aliphatic heterocycles. The van der Waals surface area contributed by atoms with Gasteiger partial charge in [-0.1, -0.05) is 30.3 Å². The Bertz CT molecular complexity index is 333. The molecule has 0 atom stereocenters. The molecule has 0 spiro atoms. The highest BCUT2D eigenvalue weighted by atomic mass is 16.1. The van der Waals surface area contributed by atoms with Crippen LogP contribution >= 0.6 is 0 Å². The maximum Gasteiger partial charge on any atom is 0.221 e. The third kappa shape index (κ3) is 4.03. The molecule has 0 saturated heterocycles. The number of hydrogen-bond donors (Lipinski definition) is 2. The van der Waals surface area contributed by atoms with E-state index < -0.39 is 0 Å². The van der Waals surface area contributed by atoms with Crippen molar-refractivity contribution in [2.24, 2.45) is 0 Å². The Labute approximate surface area is 96.2 Å². The summed E-state index contributed by atoms with van der Waals surface area (Å²) in [5.41, 5.74) is 1.02. The standard InChI is InChI=1S/C13H17N2O/c16-13(8-9-14-12-6-7-12)15-10-11-4-2-1-3-5-11/h1-5,10,12,14H,6-9H2,(H,15,16). The number of benzene rings is 1. The Morgan fingerprint density at radius 3 is 2.75 bits per heavy atom. The fourth-order valence-electron chi connectivity index (χ4n) is 1.46. The molecule has 1 amide bonds. The fourth-order valence-corrected chi connectivity index (χ4v) is 1.46. The van der Waals surface area contributed by atoms with Crippen LogP contribution in [0.25, 0.3) is 0 Å². The molecule has 3 heteroatoms. The zero-order valence-corrected chi connectivity index (χ0v) is 9.28. The minimum Gasteiger partial charge on any atom is -0.347 e. The summed E-state index contributed by atoms with van der Waals surface area (Å²) >= 11 is 0. The maximum atomic E-state index is 11.4. The maximum absolute atomic E-state index is 11.4. The monoisotopic (exact) mass is 217 g/mol. The lowest BCUT2D eigenvalue weighted by Crippen LogP contribution is -2.27. The van der Waals surface area contributed by atoms with E-state index in [1.165, 1.54) is 12.8 Å². The van der Waals surface area contributed by atoms with Crippen LogP contribution in [-0.4, -0.2) is 18.5 Å². The third-order valence-corrected chi connectivity index (χ3v) is 2.56. The van der Waals surface area contributed by atoms with Crippen molar-refractivity contribution in [2.75, 3.05) is 6.54 Å². The summed E-state index contributed by atoms with van der Waals surface area (Å²) in [5, 5.41) is 6.10. The van der Waals surface area contributed by atoms with Crippen molar-refractivity contribution in [3.63, 3.8) is 0 Å². The molecule has 3 nitrogen and oxygen atoms in total. The predicted molar refractivity (Wildman–Crippen MR) is 63.6 cm³/mol. The van der Waals surface area contributed by atoms with Crippen LogP contribution in [0.2, 0.25) is 0 Å². The van der Waals surface area contributed by atoms with E-state index in [-0.39, 0.29) is 5.91 Å². The van der Waals surface area contributed by atoms with Gasteiger partial charge in [0.2, 0.25) is 5.91 Å². The van der Waals surface area contributed by atoms with Gasteiger partial charge < -0.3 is 10.6 Å². The van der Waals surface area contributed by atoms with E-state index in [1.807, 2.05) is 30.3 Å². The van der Waals surface area contributed by atoms with Gasteiger partial charge in [0.25, 0.3) is 0 Å². The summed E-state index contributed by atoms with van der Waals surface area (Å²) in [6, 6.07) is 10.5. The second-order valence-electron chi connectivity index (χ2n) is 4.10. The topological polar surface area (TPSA) is 41.1 Å². The van der Waals surface area contributed by atoms with Gasteiger partial charge in [0, 0.05) is 19.0 Å². The smallest absolute Gasteiger partial charge is 0.221 e. The zero-order valence-electron chi connectivity index (χ0n) is 9.28. The molecule has 0 unspecified atom stereocenters. The Kier molecular flexibility index (Phi) is 3.94. The molecule has 1 radical (unpaired) electrons. The molecule has 0 heterocycles. The minimum atomic E-state index is 0.0667. The van der Waals surface area contributed by atoms with E-state index in [0.29, 0.717) is 12.5 Å². The first-order valence-electron chi connectivity index (χ1n) is 5.75. The lowest BCUT2D eigenvalue weighted by atomic mass is 10.2. The van der Waals surface area contributed by atoms with Gasteiger partial charge in [-0.25, -0.2) is 0 Å². The second-order valence-corrected chi connectivity index (χ2v) is 4.10. The summed E-state index contributed by atoms with van der Waals surface area (Å²) in [4.78, 5) is 11.4. The molecular formula is C13H17N2O. The summed E-state index contributed by atoms with van der Waals surface area (Å²) in [7, 11) is 0. The number of amides is 1. The average Bonchev–Trinajstić information content (AvgIpc) is 3.12.